The van der Waals surface area contributed by atoms with Gasteiger partial charge in [-0.15, -0.1) is 5.10 Å². The van der Waals surface area contributed by atoms with Gasteiger partial charge in [0.1, 0.15) is 5.69 Å². The monoisotopic (exact) mass is 289 g/mol. The number of amidine groups is 1. The van der Waals surface area contributed by atoms with Gasteiger partial charge in [-0.2, -0.15) is 0 Å². The van der Waals surface area contributed by atoms with Gasteiger partial charge in [0.05, 0.1) is 6.20 Å². The summed E-state index contributed by atoms with van der Waals surface area (Å²) in [5.74, 6) is -0.332. The minimum absolute atomic E-state index is 0.0534. The molecule has 2 aromatic heterocycles. The van der Waals surface area contributed by atoms with Crippen molar-refractivity contribution in [2.75, 3.05) is 6.54 Å². The van der Waals surface area contributed by atoms with Crippen LogP contribution in [0.3, 0.4) is 0 Å². The number of hydrogen-bond donors (Lipinski definition) is 3. The molecule has 0 aliphatic rings. The SMILES string of the molecule is N/C(=N/O)c1ccc(C(=O)NCCCn2ccnn2)nc1. The van der Waals surface area contributed by atoms with E-state index in [2.05, 4.69) is 25.8 Å². The van der Waals surface area contributed by atoms with Gasteiger partial charge in [-0.05, 0) is 18.6 Å². The molecule has 0 fully saturated rings. The van der Waals surface area contributed by atoms with Crippen LogP contribution in [0.1, 0.15) is 22.5 Å². The van der Waals surface area contributed by atoms with E-state index in [0.717, 1.165) is 6.42 Å². The fraction of sp³-hybridized carbons (Fsp3) is 0.250. The van der Waals surface area contributed by atoms with Crippen molar-refractivity contribution in [2.24, 2.45) is 10.9 Å². The summed E-state index contributed by atoms with van der Waals surface area (Å²) >= 11 is 0. The van der Waals surface area contributed by atoms with Gasteiger partial charge >= 0.3 is 0 Å². The van der Waals surface area contributed by atoms with E-state index in [0.29, 0.717) is 18.7 Å². The van der Waals surface area contributed by atoms with Crippen LogP contribution in [0.25, 0.3) is 0 Å². The number of amides is 1. The van der Waals surface area contributed by atoms with E-state index in [1.165, 1.54) is 12.3 Å². The van der Waals surface area contributed by atoms with E-state index in [9.17, 15) is 4.79 Å². The summed E-state index contributed by atoms with van der Waals surface area (Å²) in [4.78, 5) is 15.8. The number of rotatable bonds is 6. The Labute approximate surface area is 120 Å². The highest BCUT2D eigenvalue weighted by Crippen LogP contribution is 2.00. The molecule has 4 N–H and O–H groups in total. The van der Waals surface area contributed by atoms with Gasteiger partial charge in [-0.25, -0.2) is 0 Å². The van der Waals surface area contributed by atoms with Crippen molar-refractivity contribution >= 4 is 11.7 Å². The maximum atomic E-state index is 11.8. The minimum atomic E-state index is -0.278. The molecule has 9 heteroatoms. The summed E-state index contributed by atoms with van der Waals surface area (Å²) in [7, 11) is 0. The number of carbonyl (C=O) groups excluding carboxylic acids is 1. The zero-order valence-electron chi connectivity index (χ0n) is 11.2. The molecule has 0 aliphatic heterocycles. The normalized spacial score (nSPS) is 11.3. The topological polar surface area (TPSA) is 131 Å². The van der Waals surface area contributed by atoms with Gasteiger partial charge < -0.3 is 16.3 Å². The Morgan fingerprint density at radius 3 is 2.95 bits per heavy atom. The smallest absolute Gasteiger partial charge is 0.269 e. The van der Waals surface area contributed by atoms with Gasteiger partial charge in [0, 0.05) is 31.0 Å². The largest absolute Gasteiger partial charge is 0.409 e. The Hall–Kier alpha value is -2.97. The van der Waals surface area contributed by atoms with Gasteiger partial charge in [-0.3, -0.25) is 14.5 Å². The first-order chi connectivity index (χ1) is 10.2. The lowest BCUT2D eigenvalue weighted by Gasteiger charge is -2.05. The molecule has 0 aromatic carbocycles. The number of aromatic nitrogens is 4. The third-order valence-corrected chi connectivity index (χ3v) is 2.72. The second-order valence-electron chi connectivity index (χ2n) is 4.19. The van der Waals surface area contributed by atoms with Gasteiger partial charge in [0.2, 0.25) is 0 Å². The molecule has 110 valence electrons. The number of aryl methyl sites for hydroxylation is 1. The molecule has 0 aliphatic carbocycles. The predicted octanol–water partition coefficient (Wildman–Crippen LogP) is -0.412. The second kappa shape index (κ2) is 6.98. The summed E-state index contributed by atoms with van der Waals surface area (Å²) in [6.45, 7) is 1.18. The summed E-state index contributed by atoms with van der Waals surface area (Å²) in [6.07, 6.45) is 5.47. The van der Waals surface area contributed by atoms with Crippen molar-refractivity contribution in [3.05, 3.63) is 42.0 Å². The molecule has 9 nitrogen and oxygen atoms in total. The standard InChI is InChI=1S/C12H15N7O2/c13-11(17-21)9-2-3-10(15-8-9)12(20)14-4-1-6-19-7-5-16-18-19/h2-3,5,7-8,21H,1,4,6H2,(H2,13,17)(H,14,20). The third kappa shape index (κ3) is 4.00. The summed E-state index contributed by atoms with van der Waals surface area (Å²) < 4.78 is 1.69. The van der Waals surface area contributed by atoms with Crippen LogP contribution >= 0.6 is 0 Å². The maximum absolute atomic E-state index is 11.8. The Morgan fingerprint density at radius 1 is 1.48 bits per heavy atom. The summed E-state index contributed by atoms with van der Waals surface area (Å²) in [6, 6.07) is 3.08. The van der Waals surface area contributed by atoms with Crippen LogP contribution in [0.15, 0.2) is 35.9 Å². The second-order valence-corrected chi connectivity index (χ2v) is 4.19. The van der Waals surface area contributed by atoms with Crippen LogP contribution in [0.5, 0.6) is 0 Å². The van der Waals surface area contributed by atoms with E-state index in [1.807, 2.05) is 0 Å². The Balaban J connectivity index is 1.80. The predicted molar refractivity (Wildman–Crippen MR) is 73.7 cm³/mol. The van der Waals surface area contributed by atoms with Gasteiger partial charge in [0.15, 0.2) is 5.84 Å². The summed E-state index contributed by atoms with van der Waals surface area (Å²) in [5, 5.41) is 21.7. The van der Waals surface area contributed by atoms with Gasteiger partial charge in [-0.1, -0.05) is 10.4 Å². The lowest BCUT2D eigenvalue weighted by atomic mass is 10.2. The van der Waals surface area contributed by atoms with E-state index in [4.69, 9.17) is 10.9 Å². The molecule has 0 atom stereocenters. The first-order valence-electron chi connectivity index (χ1n) is 6.27. The van der Waals surface area contributed by atoms with Crippen LogP contribution in [0.4, 0.5) is 0 Å². The van der Waals surface area contributed by atoms with Crippen LogP contribution in [0, 0.1) is 0 Å². The lowest BCUT2D eigenvalue weighted by molar-refractivity contribution is 0.0947. The lowest BCUT2D eigenvalue weighted by Crippen LogP contribution is -2.26. The number of nitrogens with zero attached hydrogens (tertiary/aromatic N) is 5. The van der Waals surface area contributed by atoms with Crippen LogP contribution < -0.4 is 11.1 Å². The summed E-state index contributed by atoms with van der Waals surface area (Å²) in [5.41, 5.74) is 6.12. The molecule has 0 saturated carbocycles. The van der Waals surface area contributed by atoms with Crippen LogP contribution in [-0.4, -0.2) is 43.5 Å². The highest BCUT2D eigenvalue weighted by atomic mass is 16.4. The average Bonchev–Trinajstić information content (AvgIpc) is 3.04. The highest BCUT2D eigenvalue weighted by Gasteiger charge is 2.07. The minimum Gasteiger partial charge on any atom is -0.409 e. The molecule has 2 rings (SSSR count). The molecule has 0 bridgehead atoms. The number of nitrogens with two attached hydrogens (primary N) is 1. The first kappa shape index (κ1) is 14.4. The zero-order chi connectivity index (χ0) is 15.1. The van der Waals surface area contributed by atoms with Crippen molar-refractivity contribution < 1.29 is 10.0 Å². The van der Waals surface area contributed by atoms with Crippen molar-refractivity contribution in [3.8, 4) is 0 Å². The number of pyridine rings is 1. The molecule has 2 aromatic rings. The maximum Gasteiger partial charge on any atom is 0.269 e. The number of nitrogens with one attached hydrogen (secondary N) is 1. The molecule has 0 unspecified atom stereocenters. The molecule has 0 saturated heterocycles. The molecule has 0 spiro atoms. The molecule has 2 heterocycles. The molecular weight excluding hydrogens is 274 g/mol. The van der Waals surface area contributed by atoms with Crippen LogP contribution in [-0.2, 0) is 6.54 Å². The van der Waals surface area contributed by atoms with Crippen molar-refractivity contribution in [1.82, 2.24) is 25.3 Å². The van der Waals surface area contributed by atoms with Crippen molar-refractivity contribution in [2.45, 2.75) is 13.0 Å². The Bertz CT molecular complexity index is 607. The molecule has 21 heavy (non-hydrogen) atoms. The van der Waals surface area contributed by atoms with Crippen molar-refractivity contribution in [3.63, 3.8) is 0 Å². The quantitative estimate of drug-likeness (QED) is 0.218. The first-order valence-corrected chi connectivity index (χ1v) is 6.27. The third-order valence-electron chi connectivity index (χ3n) is 2.72. The van der Waals surface area contributed by atoms with E-state index in [1.54, 1.807) is 23.1 Å². The molecule has 1 amide bonds. The van der Waals surface area contributed by atoms with Gasteiger partial charge in [0.25, 0.3) is 5.91 Å². The number of hydrogen-bond acceptors (Lipinski definition) is 6. The number of oxime groups is 1. The molecule has 0 radical (unpaired) electrons. The Morgan fingerprint density at radius 2 is 2.33 bits per heavy atom. The fourth-order valence-corrected chi connectivity index (χ4v) is 1.62. The fourth-order valence-electron chi connectivity index (χ4n) is 1.62. The van der Waals surface area contributed by atoms with Crippen LogP contribution in [0.2, 0.25) is 0 Å². The highest BCUT2D eigenvalue weighted by molar-refractivity contribution is 5.98. The zero-order valence-corrected chi connectivity index (χ0v) is 11.2. The number of carbonyl (C=O) groups is 1. The molecular formula is C12H15N7O2. The van der Waals surface area contributed by atoms with E-state index >= 15 is 0 Å². The van der Waals surface area contributed by atoms with E-state index < -0.39 is 0 Å². The van der Waals surface area contributed by atoms with E-state index in [-0.39, 0.29) is 17.4 Å². The average molecular weight is 289 g/mol. The Kier molecular flexibility index (Phi) is 4.80. The van der Waals surface area contributed by atoms with Crippen molar-refractivity contribution in [1.29, 1.82) is 0 Å².